The maximum atomic E-state index is 11.3. The van der Waals surface area contributed by atoms with Crippen molar-refractivity contribution in [3.8, 4) is 0 Å². The van der Waals surface area contributed by atoms with Crippen LogP contribution in [0.1, 0.15) is 50.7 Å². The smallest absolute Gasteiger partial charge is 0.217 e. The lowest BCUT2D eigenvalue weighted by molar-refractivity contribution is -0.0192. The summed E-state index contributed by atoms with van der Waals surface area (Å²) in [6.07, 6.45) is 3.58. The molecular formula is C19H28N2O2. The van der Waals surface area contributed by atoms with E-state index in [1.807, 2.05) is 24.3 Å². The zero-order valence-electron chi connectivity index (χ0n) is 14.7. The van der Waals surface area contributed by atoms with Crippen LogP contribution in [0.4, 0.5) is 0 Å². The fourth-order valence-corrected chi connectivity index (χ4v) is 3.66. The van der Waals surface area contributed by atoms with Gasteiger partial charge in [-0.2, -0.15) is 0 Å². The molecule has 0 aromatic heterocycles. The fraction of sp³-hybridized carbons (Fsp3) is 0.632. The summed E-state index contributed by atoms with van der Waals surface area (Å²) in [6.45, 7) is 4.73. The molecule has 0 amide bonds. The van der Waals surface area contributed by atoms with E-state index in [0.717, 1.165) is 36.8 Å². The standard InChI is InChI=1S/C19H28N2O2/c1-18(2)13-23-17(20-18)15-7-5-6-8-16(15)19(22)11-9-14(10-12-19)21(3)4/h5-8,14,22H,9-13H2,1-4H3/t14-,19-. The van der Waals surface area contributed by atoms with Gasteiger partial charge in [-0.3, -0.25) is 0 Å². The molecule has 1 aliphatic carbocycles. The van der Waals surface area contributed by atoms with E-state index < -0.39 is 5.60 Å². The van der Waals surface area contributed by atoms with Gasteiger partial charge >= 0.3 is 0 Å². The fourth-order valence-electron chi connectivity index (χ4n) is 3.66. The summed E-state index contributed by atoms with van der Waals surface area (Å²) in [4.78, 5) is 6.96. The first-order chi connectivity index (χ1) is 10.8. The lowest BCUT2D eigenvalue weighted by Gasteiger charge is -2.39. The van der Waals surface area contributed by atoms with E-state index in [4.69, 9.17) is 9.73 Å². The third-order valence-corrected chi connectivity index (χ3v) is 5.14. The molecule has 0 bridgehead atoms. The minimum atomic E-state index is -0.776. The van der Waals surface area contributed by atoms with Crippen molar-refractivity contribution in [3.05, 3.63) is 35.4 Å². The lowest BCUT2D eigenvalue weighted by Crippen LogP contribution is -2.40. The molecule has 1 fully saturated rings. The zero-order valence-corrected chi connectivity index (χ0v) is 14.7. The van der Waals surface area contributed by atoms with Crippen LogP contribution in [0.2, 0.25) is 0 Å². The first-order valence-electron chi connectivity index (χ1n) is 8.52. The molecule has 0 saturated heterocycles. The summed E-state index contributed by atoms with van der Waals surface area (Å²) in [6, 6.07) is 8.59. The highest BCUT2D eigenvalue weighted by Crippen LogP contribution is 2.40. The number of rotatable bonds is 3. The maximum Gasteiger partial charge on any atom is 0.217 e. The van der Waals surface area contributed by atoms with Gasteiger partial charge in [0.25, 0.3) is 0 Å². The molecule has 1 aromatic carbocycles. The molecule has 0 unspecified atom stereocenters. The molecule has 0 atom stereocenters. The summed E-state index contributed by atoms with van der Waals surface area (Å²) in [5.41, 5.74) is 0.951. The lowest BCUT2D eigenvalue weighted by atomic mass is 9.76. The quantitative estimate of drug-likeness (QED) is 0.932. The van der Waals surface area contributed by atoms with E-state index >= 15 is 0 Å². The molecule has 0 radical (unpaired) electrons. The largest absolute Gasteiger partial charge is 0.475 e. The molecule has 1 N–H and O–H groups in total. The van der Waals surface area contributed by atoms with Gasteiger partial charge in [-0.1, -0.05) is 18.2 Å². The topological polar surface area (TPSA) is 45.1 Å². The van der Waals surface area contributed by atoms with Crippen LogP contribution in [0.15, 0.2) is 29.3 Å². The highest BCUT2D eigenvalue weighted by atomic mass is 16.5. The van der Waals surface area contributed by atoms with Crippen LogP contribution in [0.25, 0.3) is 0 Å². The Morgan fingerprint density at radius 2 is 1.83 bits per heavy atom. The molecule has 3 rings (SSSR count). The SMILES string of the molecule is CN(C)[C@H]1CC[C@@](O)(c2ccccc2C2=NC(C)(C)CO2)CC1. The van der Waals surface area contributed by atoms with E-state index in [9.17, 15) is 5.11 Å². The summed E-state index contributed by atoms with van der Waals surface area (Å²) >= 11 is 0. The van der Waals surface area contributed by atoms with E-state index in [1.54, 1.807) is 0 Å². The second-order valence-corrected chi connectivity index (χ2v) is 7.79. The Morgan fingerprint density at radius 3 is 2.39 bits per heavy atom. The van der Waals surface area contributed by atoms with E-state index in [-0.39, 0.29) is 5.54 Å². The number of hydrogen-bond acceptors (Lipinski definition) is 4. The van der Waals surface area contributed by atoms with Gasteiger partial charge in [0.1, 0.15) is 6.61 Å². The predicted molar refractivity (Wildman–Crippen MR) is 92.8 cm³/mol. The van der Waals surface area contributed by atoms with E-state index in [2.05, 4.69) is 32.8 Å². The Balaban J connectivity index is 1.90. The van der Waals surface area contributed by atoms with Crippen molar-refractivity contribution in [1.29, 1.82) is 0 Å². The zero-order chi connectivity index (χ0) is 16.7. The molecule has 4 heteroatoms. The maximum absolute atomic E-state index is 11.3. The third kappa shape index (κ3) is 3.29. The van der Waals surface area contributed by atoms with Crippen LogP contribution in [-0.4, -0.2) is 48.2 Å². The average Bonchev–Trinajstić information content (AvgIpc) is 2.88. The summed E-state index contributed by atoms with van der Waals surface area (Å²) in [5, 5.41) is 11.3. The minimum Gasteiger partial charge on any atom is -0.475 e. The molecule has 1 saturated carbocycles. The van der Waals surface area contributed by atoms with Crippen LogP contribution in [-0.2, 0) is 10.3 Å². The molecule has 4 nitrogen and oxygen atoms in total. The molecule has 1 heterocycles. The molecule has 1 aliphatic heterocycles. The van der Waals surface area contributed by atoms with Crippen molar-refractivity contribution in [3.63, 3.8) is 0 Å². The number of aliphatic imine (C=N–C) groups is 1. The monoisotopic (exact) mass is 316 g/mol. The first kappa shape index (κ1) is 16.5. The van der Waals surface area contributed by atoms with E-state index in [0.29, 0.717) is 18.5 Å². The minimum absolute atomic E-state index is 0.187. The molecule has 2 aliphatic rings. The Hall–Kier alpha value is -1.39. The van der Waals surface area contributed by atoms with Gasteiger partial charge in [0.2, 0.25) is 5.90 Å². The third-order valence-electron chi connectivity index (χ3n) is 5.14. The number of hydrogen-bond donors (Lipinski definition) is 1. The van der Waals surface area contributed by atoms with Crippen molar-refractivity contribution in [1.82, 2.24) is 4.90 Å². The Bertz CT molecular complexity index is 599. The van der Waals surface area contributed by atoms with Crippen LogP contribution in [0, 0.1) is 0 Å². The summed E-state index contributed by atoms with van der Waals surface area (Å²) in [5.74, 6) is 0.675. The number of aliphatic hydroxyl groups is 1. The van der Waals surface area contributed by atoms with E-state index in [1.165, 1.54) is 0 Å². The average molecular weight is 316 g/mol. The van der Waals surface area contributed by atoms with Gasteiger partial charge in [0, 0.05) is 11.6 Å². The molecule has 1 aromatic rings. The van der Waals surface area contributed by atoms with Crippen molar-refractivity contribution < 1.29 is 9.84 Å². The van der Waals surface area contributed by atoms with Crippen molar-refractivity contribution in [2.24, 2.45) is 4.99 Å². The number of nitrogens with zero attached hydrogens (tertiary/aromatic N) is 2. The molecule has 0 spiro atoms. The van der Waals surface area contributed by atoms with Gasteiger partial charge in [0.15, 0.2) is 0 Å². The van der Waals surface area contributed by atoms with Crippen LogP contribution < -0.4 is 0 Å². The van der Waals surface area contributed by atoms with Gasteiger partial charge < -0.3 is 14.7 Å². The van der Waals surface area contributed by atoms with Crippen molar-refractivity contribution in [2.75, 3.05) is 20.7 Å². The number of benzene rings is 1. The van der Waals surface area contributed by atoms with Crippen LogP contribution >= 0.6 is 0 Å². The second kappa shape index (κ2) is 5.91. The highest BCUT2D eigenvalue weighted by molar-refractivity contribution is 5.97. The Kier molecular flexibility index (Phi) is 4.23. The van der Waals surface area contributed by atoms with Gasteiger partial charge in [0.05, 0.1) is 11.1 Å². The van der Waals surface area contributed by atoms with Crippen molar-refractivity contribution in [2.45, 2.75) is 56.7 Å². The first-order valence-corrected chi connectivity index (χ1v) is 8.52. The molecule has 23 heavy (non-hydrogen) atoms. The second-order valence-electron chi connectivity index (χ2n) is 7.79. The summed E-state index contributed by atoms with van der Waals surface area (Å²) < 4.78 is 5.82. The highest BCUT2D eigenvalue weighted by Gasteiger charge is 2.38. The van der Waals surface area contributed by atoms with Crippen LogP contribution in [0.5, 0.6) is 0 Å². The Labute approximate surface area is 139 Å². The number of ether oxygens (including phenoxy) is 1. The predicted octanol–water partition coefficient (Wildman–Crippen LogP) is 2.93. The van der Waals surface area contributed by atoms with Crippen LogP contribution in [0.3, 0.4) is 0 Å². The van der Waals surface area contributed by atoms with Gasteiger partial charge in [-0.25, -0.2) is 4.99 Å². The van der Waals surface area contributed by atoms with Crippen molar-refractivity contribution >= 4 is 5.90 Å². The Morgan fingerprint density at radius 1 is 1.17 bits per heavy atom. The van der Waals surface area contributed by atoms with Gasteiger partial charge in [-0.05, 0) is 65.3 Å². The summed E-state index contributed by atoms with van der Waals surface area (Å²) in [7, 11) is 4.23. The normalized spacial score (nSPS) is 30.2. The molecular weight excluding hydrogens is 288 g/mol. The van der Waals surface area contributed by atoms with Gasteiger partial charge in [-0.15, -0.1) is 0 Å². The molecule has 126 valence electrons.